The average Bonchev–Trinajstić information content (AvgIpc) is 3.10. The van der Waals surface area contributed by atoms with Gasteiger partial charge in [0.25, 0.3) is 5.91 Å². The second kappa shape index (κ2) is 5.85. The number of H-pyrrole nitrogens is 1. The molecule has 3 rings (SSSR count). The van der Waals surface area contributed by atoms with Crippen molar-refractivity contribution in [1.82, 2.24) is 14.9 Å². The van der Waals surface area contributed by atoms with E-state index in [1.807, 2.05) is 12.1 Å². The smallest absolute Gasteiger partial charge is 0.250 e. The van der Waals surface area contributed by atoms with E-state index in [0.717, 1.165) is 30.9 Å². The second-order valence-electron chi connectivity index (χ2n) is 5.83. The van der Waals surface area contributed by atoms with Crippen LogP contribution < -0.4 is 5.73 Å². The minimum absolute atomic E-state index is 0.422. The van der Waals surface area contributed by atoms with Crippen LogP contribution in [0.25, 0.3) is 11.0 Å². The third-order valence-corrected chi connectivity index (χ3v) is 4.28. The van der Waals surface area contributed by atoms with Crippen molar-refractivity contribution in [2.24, 2.45) is 5.73 Å². The van der Waals surface area contributed by atoms with Crippen molar-refractivity contribution in [3.05, 3.63) is 29.6 Å². The first-order valence-electron chi connectivity index (χ1n) is 7.69. The first-order valence-corrected chi connectivity index (χ1v) is 7.69. The fraction of sp³-hybridized carbons (Fsp3) is 0.500. The quantitative estimate of drug-likeness (QED) is 0.885. The lowest BCUT2D eigenvalue weighted by Crippen LogP contribution is -2.21. The van der Waals surface area contributed by atoms with Gasteiger partial charge < -0.3 is 15.6 Å². The molecular weight excluding hydrogens is 264 g/mol. The maximum absolute atomic E-state index is 11.5. The number of nitrogens with zero attached hydrogens (tertiary/aromatic N) is 2. The van der Waals surface area contributed by atoms with Gasteiger partial charge >= 0.3 is 0 Å². The highest BCUT2D eigenvalue weighted by Crippen LogP contribution is 2.28. The summed E-state index contributed by atoms with van der Waals surface area (Å²) in [6.45, 7) is 5.56. The van der Waals surface area contributed by atoms with Crippen LogP contribution in [-0.2, 0) is 0 Å². The molecule has 1 saturated heterocycles. The Morgan fingerprint density at radius 3 is 3.14 bits per heavy atom. The number of rotatable bonds is 5. The number of amides is 1. The van der Waals surface area contributed by atoms with Gasteiger partial charge in [0.1, 0.15) is 11.3 Å². The standard InChI is InChI=1S/C16H22N4O/c1-2-3-8-20-9-7-11(10-20)16-18-13-6-4-5-12(15(17)21)14(13)19-16/h4-6,11H,2-3,7-10H2,1H3,(H2,17,21)(H,18,19). The van der Waals surface area contributed by atoms with Gasteiger partial charge in [-0.05, 0) is 38.1 Å². The lowest BCUT2D eigenvalue weighted by Gasteiger charge is -2.14. The molecule has 1 aromatic heterocycles. The summed E-state index contributed by atoms with van der Waals surface area (Å²) in [4.78, 5) is 22.0. The molecule has 3 N–H and O–H groups in total. The van der Waals surface area contributed by atoms with E-state index in [1.165, 1.54) is 19.4 Å². The Kier molecular flexibility index (Phi) is 3.92. The van der Waals surface area contributed by atoms with Crippen LogP contribution in [0.15, 0.2) is 18.2 Å². The number of benzene rings is 1. The van der Waals surface area contributed by atoms with E-state index < -0.39 is 5.91 Å². The number of aromatic amines is 1. The zero-order valence-corrected chi connectivity index (χ0v) is 12.4. The van der Waals surface area contributed by atoms with Gasteiger partial charge in [0.2, 0.25) is 0 Å². The van der Waals surface area contributed by atoms with Gasteiger partial charge in [-0.15, -0.1) is 0 Å². The van der Waals surface area contributed by atoms with Crippen molar-refractivity contribution >= 4 is 16.9 Å². The maximum atomic E-state index is 11.5. The van der Waals surface area contributed by atoms with E-state index in [0.29, 0.717) is 17.0 Å². The molecule has 2 aromatic rings. The van der Waals surface area contributed by atoms with Gasteiger partial charge in [0.05, 0.1) is 11.1 Å². The Balaban J connectivity index is 1.82. The molecular formula is C16H22N4O. The average molecular weight is 286 g/mol. The number of imidazole rings is 1. The molecule has 0 bridgehead atoms. The van der Waals surface area contributed by atoms with Crippen LogP contribution in [0.2, 0.25) is 0 Å². The minimum atomic E-state index is -0.422. The van der Waals surface area contributed by atoms with E-state index in [2.05, 4.69) is 21.8 Å². The zero-order chi connectivity index (χ0) is 14.8. The van der Waals surface area contributed by atoms with Crippen molar-refractivity contribution in [3.63, 3.8) is 0 Å². The molecule has 0 radical (unpaired) electrons. The summed E-state index contributed by atoms with van der Waals surface area (Å²) < 4.78 is 0. The minimum Gasteiger partial charge on any atom is -0.366 e. The molecule has 1 amide bonds. The number of carbonyl (C=O) groups excluding carboxylic acids is 1. The Hall–Kier alpha value is -1.88. The molecule has 1 unspecified atom stereocenters. The van der Waals surface area contributed by atoms with Crippen LogP contribution in [0.1, 0.15) is 48.3 Å². The number of nitrogens with two attached hydrogens (primary N) is 1. The Morgan fingerprint density at radius 1 is 1.52 bits per heavy atom. The predicted octanol–water partition coefficient (Wildman–Crippen LogP) is 2.25. The molecule has 0 aliphatic carbocycles. The summed E-state index contributed by atoms with van der Waals surface area (Å²) in [5, 5.41) is 0. The van der Waals surface area contributed by atoms with Crippen LogP contribution in [0.5, 0.6) is 0 Å². The van der Waals surface area contributed by atoms with E-state index >= 15 is 0 Å². The van der Waals surface area contributed by atoms with Gasteiger partial charge in [0.15, 0.2) is 0 Å². The largest absolute Gasteiger partial charge is 0.366 e. The summed E-state index contributed by atoms with van der Waals surface area (Å²) >= 11 is 0. The molecule has 2 heterocycles. The number of nitrogens with one attached hydrogen (secondary N) is 1. The number of hydrogen-bond acceptors (Lipinski definition) is 3. The number of hydrogen-bond donors (Lipinski definition) is 2. The van der Waals surface area contributed by atoms with E-state index in [-0.39, 0.29) is 0 Å². The fourth-order valence-corrected chi connectivity index (χ4v) is 3.08. The molecule has 1 aliphatic rings. The number of primary amides is 1. The van der Waals surface area contributed by atoms with E-state index in [4.69, 9.17) is 5.73 Å². The van der Waals surface area contributed by atoms with Gasteiger partial charge in [-0.2, -0.15) is 0 Å². The predicted molar refractivity (Wildman–Crippen MR) is 83.3 cm³/mol. The molecule has 21 heavy (non-hydrogen) atoms. The van der Waals surface area contributed by atoms with Gasteiger partial charge in [-0.1, -0.05) is 19.4 Å². The molecule has 1 aliphatic heterocycles. The van der Waals surface area contributed by atoms with Crippen LogP contribution in [0, 0.1) is 0 Å². The summed E-state index contributed by atoms with van der Waals surface area (Å²) in [7, 11) is 0. The molecule has 5 heteroatoms. The molecule has 0 spiro atoms. The number of para-hydroxylation sites is 1. The van der Waals surface area contributed by atoms with E-state index in [9.17, 15) is 4.79 Å². The van der Waals surface area contributed by atoms with Gasteiger partial charge in [-0.25, -0.2) is 4.98 Å². The molecule has 1 atom stereocenters. The first-order chi connectivity index (χ1) is 10.2. The summed E-state index contributed by atoms with van der Waals surface area (Å²) in [5.41, 5.74) is 7.51. The number of carbonyl (C=O) groups is 1. The summed E-state index contributed by atoms with van der Waals surface area (Å²) in [6.07, 6.45) is 3.60. The van der Waals surface area contributed by atoms with Crippen LogP contribution in [0.3, 0.4) is 0 Å². The number of likely N-dealkylation sites (tertiary alicyclic amines) is 1. The molecule has 0 saturated carbocycles. The SMILES string of the molecule is CCCCN1CCC(c2nc3c(C(N)=O)cccc3[nH]2)C1. The molecule has 112 valence electrons. The van der Waals surface area contributed by atoms with Crippen LogP contribution in [-0.4, -0.2) is 40.4 Å². The zero-order valence-electron chi connectivity index (χ0n) is 12.4. The lowest BCUT2D eigenvalue weighted by atomic mass is 10.1. The Labute approximate surface area is 124 Å². The van der Waals surface area contributed by atoms with Crippen molar-refractivity contribution in [2.45, 2.75) is 32.1 Å². The van der Waals surface area contributed by atoms with Crippen LogP contribution in [0.4, 0.5) is 0 Å². The third-order valence-electron chi connectivity index (χ3n) is 4.28. The lowest BCUT2D eigenvalue weighted by molar-refractivity contribution is 0.100. The monoisotopic (exact) mass is 286 g/mol. The fourth-order valence-electron chi connectivity index (χ4n) is 3.08. The number of unbranched alkanes of at least 4 members (excludes halogenated alkanes) is 1. The third kappa shape index (κ3) is 2.78. The Morgan fingerprint density at radius 2 is 2.38 bits per heavy atom. The summed E-state index contributed by atoms with van der Waals surface area (Å²) in [6, 6.07) is 5.52. The van der Waals surface area contributed by atoms with Crippen LogP contribution >= 0.6 is 0 Å². The van der Waals surface area contributed by atoms with Gasteiger partial charge in [0, 0.05) is 12.5 Å². The second-order valence-corrected chi connectivity index (χ2v) is 5.83. The first kappa shape index (κ1) is 14.1. The number of fused-ring (bicyclic) bond motifs is 1. The van der Waals surface area contributed by atoms with Crippen molar-refractivity contribution in [2.75, 3.05) is 19.6 Å². The molecule has 1 fully saturated rings. The molecule has 1 aromatic carbocycles. The van der Waals surface area contributed by atoms with E-state index in [1.54, 1.807) is 6.07 Å². The number of aromatic nitrogens is 2. The van der Waals surface area contributed by atoms with Crippen molar-refractivity contribution in [1.29, 1.82) is 0 Å². The summed E-state index contributed by atoms with van der Waals surface area (Å²) in [5.74, 6) is 0.988. The normalized spacial score (nSPS) is 19.4. The highest BCUT2D eigenvalue weighted by Gasteiger charge is 2.26. The Bertz CT molecular complexity index is 649. The maximum Gasteiger partial charge on any atom is 0.250 e. The topological polar surface area (TPSA) is 75.0 Å². The molecule has 5 nitrogen and oxygen atoms in total. The van der Waals surface area contributed by atoms with Gasteiger partial charge in [-0.3, -0.25) is 4.79 Å². The highest BCUT2D eigenvalue weighted by molar-refractivity contribution is 6.04. The van der Waals surface area contributed by atoms with Crippen molar-refractivity contribution in [3.8, 4) is 0 Å². The highest BCUT2D eigenvalue weighted by atomic mass is 16.1. The van der Waals surface area contributed by atoms with Crippen molar-refractivity contribution < 1.29 is 4.79 Å².